The lowest BCUT2D eigenvalue weighted by Gasteiger charge is -2.33. The molecule has 1 aromatic rings. The molecule has 0 aliphatic carbocycles. The monoisotopic (exact) mass is 317 g/mol. The molecule has 0 bridgehead atoms. The zero-order chi connectivity index (χ0) is 16.4. The van der Waals surface area contributed by atoms with E-state index < -0.39 is 0 Å². The molecule has 1 N–H and O–H groups in total. The molecule has 0 spiro atoms. The molecule has 0 amide bonds. The van der Waals surface area contributed by atoms with E-state index >= 15 is 0 Å². The van der Waals surface area contributed by atoms with E-state index in [0.29, 0.717) is 6.04 Å². The number of rotatable bonds is 4. The first-order chi connectivity index (χ1) is 11.1. The maximum absolute atomic E-state index is 11.0. The lowest BCUT2D eigenvalue weighted by atomic mass is 9.98. The van der Waals surface area contributed by atoms with Crippen molar-refractivity contribution in [2.75, 3.05) is 36.9 Å². The van der Waals surface area contributed by atoms with Gasteiger partial charge >= 0.3 is 0 Å². The highest BCUT2D eigenvalue weighted by Gasteiger charge is 2.25. The molecule has 23 heavy (non-hydrogen) atoms. The molecule has 1 fully saturated rings. The van der Waals surface area contributed by atoms with Gasteiger partial charge in [-0.05, 0) is 33.7 Å². The molecule has 3 heterocycles. The third kappa shape index (κ3) is 3.63. The minimum absolute atomic E-state index is 0.201. The summed E-state index contributed by atoms with van der Waals surface area (Å²) >= 11 is 0. The third-order valence-corrected chi connectivity index (χ3v) is 4.64. The van der Waals surface area contributed by atoms with Gasteiger partial charge in [-0.1, -0.05) is 0 Å². The third-order valence-electron chi connectivity index (χ3n) is 4.64. The van der Waals surface area contributed by atoms with Crippen LogP contribution in [0.2, 0.25) is 0 Å². The summed E-state index contributed by atoms with van der Waals surface area (Å²) in [6.07, 6.45) is 3.87. The Hall–Kier alpha value is -1.69. The molecule has 0 unspecified atom stereocenters. The highest BCUT2D eigenvalue weighted by Crippen LogP contribution is 2.29. The molecule has 2 aliphatic rings. The number of hydrogen-bond donors (Lipinski definition) is 1. The fourth-order valence-corrected chi connectivity index (χ4v) is 3.29. The van der Waals surface area contributed by atoms with Crippen molar-refractivity contribution in [1.82, 2.24) is 14.9 Å². The highest BCUT2D eigenvalue weighted by atomic mass is 16.1. The lowest BCUT2D eigenvalue weighted by Crippen LogP contribution is -2.37. The van der Waals surface area contributed by atoms with E-state index in [-0.39, 0.29) is 5.92 Å². The number of nitrogens with zero attached hydrogens (tertiary/aromatic N) is 4. The summed E-state index contributed by atoms with van der Waals surface area (Å²) in [7, 11) is 2.12. The van der Waals surface area contributed by atoms with Crippen molar-refractivity contribution in [2.24, 2.45) is 5.92 Å². The molecule has 0 saturated carbocycles. The largest absolute Gasteiger partial charge is 0.365 e. The van der Waals surface area contributed by atoms with Crippen LogP contribution in [0.15, 0.2) is 0 Å². The standard InChI is InChI=1S/C17H27N5O/c1-12(2)18-16-17(22-8-4-13(11-23)5-9-22)20-14-6-7-21(3)10-15(14)19-16/h11-13H,4-10H2,1-3H3,(H,18,19). The van der Waals surface area contributed by atoms with Crippen molar-refractivity contribution in [1.29, 1.82) is 0 Å². The van der Waals surface area contributed by atoms with Gasteiger partial charge in [-0.25, -0.2) is 9.97 Å². The predicted molar refractivity (Wildman–Crippen MR) is 91.8 cm³/mol. The van der Waals surface area contributed by atoms with Gasteiger partial charge in [-0.3, -0.25) is 0 Å². The number of nitrogens with one attached hydrogen (secondary N) is 1. The zero-order valence-electron chi connectivity index (χ0n) is 14.4. The molecule has 6 nitrogen and oxygen atoms in total. The summed E-state index contributed by atoms with van der Waals surface area (Å²) in [6.45, 7) is 7.90. The number of fused-ring (bicyclic) bond motifs is 1. The first-order valence-electron chi connectivity index (χ1n) is 8.62. The van der Waals surface area contributed by atoms with Crippen molar-refractivity contribution >= 4 is 17.9 Å². The average molecular weight is 317 g/mol. The van der Waals surface area contributed by atoms with Crippen LogP contribution in [0.1, 0.15) is 38.1 Å². The lowest BCUT2D eigenvalue weighted by molar-refractivity contribution is -0.111. The fraction of sp³-hybridized carbons (Fsp3) is 0.706. The highest BCUT2D eigenvalue weighted by molar-refractivity contribution is 5.63. The van der Waals surface area contributed by atoms with Gasteiger partial charge < -0.3 is 19.9 Å². The molecule has 0 atom stereocenters. The molecule has 1 saturated heterocycles. The molecular weight excluding hydrogens is 290 g/mol. The quantitative estimate of drug-likeness (QED) is 0.853. The van der Waals surface area contributed by atoms with Gasteiger partial charge in [0.05, 0.1) is 11.4 Å². The van der Waals surface area contributed by atoms with Gasteiger partial charge in [0, 0.05) is 44.6 Å². The summed E-state index contributed by atoms with van der Waals surface area (Å²) in [6, 6.07) is 0.315. The molecule has 0 aromatic carbocycles. The van der Waals surface area contributed by atoms with E-state index in [1.165, 1.54) is 0 Å². The number of hydrogen-bond acceptors (Lipinski definition) is 6. The predicted octanol–water partition coefficient (Wildman–Crippen LogP) is 1.70. The number of carbonyl (C=O) groups is 1. The van der Waals surface area contributed by atoms with Crippen LogP contribution in [-0.2, 0) is 17.8 Å². The molecule has 0 radical (unpaired) electrons. The SMILES string of the molecule is CC(C)Nc1nc2c(nc1N1CCC(C=O)CC1)CCN(C)C2. The Balaban J connectivity index is 1.89. The van der Waals surface area contributed by atoms with Crippen LogP contribution >= 0.6 is 0 Å². The summed E-state index contributed by atoms with van der Waals surface area (Å²) < 4.78 is 0. The van der Waals surface area contributed by atoms with E-state index in [0.717, 1.165) is 74.8 Å². The molecule has 1 aromatic heterocycles. The number of anilines is 2. The van der Waals surface area contributed by atoms with Crippen LogP contribution in [0.25, 0.3) is 0 Å². The number of piperidine rings is 1. The van der Waals surface area contributed by atoms with Crippen LogP contribution < -0.4 is 10.2 Å². The number of carbonyl (C=O) groups excluding carboxylic acids is 1. The summed E-state index contributed by atoms with van der Waals surface area (Å²) in [4.78, 5) is 25.4. The van der Waals surface area contributed by atoms with Crippen LogP contribution in [0, 0.1) is 5.92 Å². The van der Waals surface area contributed by atoms with E-state index in [4.69, 9.17) is 9.97 Å². The molecule has 6 heteroatoms. The Bertz CT molecular complexity index is 566. The maximum Gasteiger partial charge on any atom is 0.172 e. The molecular formula is C17H27N5O. The van der Waals surface area contributed by atoms with Gasteiger partial charge in [-0.2, -0.15) is 0 Å². The van der Waals surface area contributed by atoms with Crippen molar-refractivity contribution in [3.05, 3.63) is 11.4 Å². The fourth-order valence-electron chi connectivity index (χ4n) is 3.29. The topological polar surface area (TPSA) is 61.4 Å². The Morgan fingerprint density at radius 1 is 1.17 bits per heavy atom. The number of likely N-dealkylation sites (N-methyl/N-ethyl adjacent to an activating group) is 1. The van der Waals surface area contributed by atoms with E-state index in [1.54, 1.807) is 0 Å². The minimum atomic E-state index is 0.201. The zero-order valence-corrected chi connectivity index (χ0v) is 14.4. The van der Waals surface area contributed by atoms with Crippen molar-refractivity contribution in [2.45, 2.75) is 45.7 Å². The molecule has 3 rings (SSSR count). The van der Waals surface area contributed by atoms with E-state index in [1.807, 2.05) is 0 Å². The average Bonchev–Trinajstić information content (AvgIpc) is 2.54. The van der Waals surface area contributed by atoms with Gasteiger partial charge in [0.2, 0.25) is 0 Å². The molecule has 126 valence electrons. The van der Waals surface area contributed by atoms with Gasteiger partial charge in [0.1, 0.15) is 6.29 Å². The van der Waals surface area contributed by atoms with Crippen LogP contribution in [-0.4, -0.2) is 53.9 Å². The number of aromatic nitrogens is 2. The second-order valence-electron chi connectivity index (χ2n) is 7.04. The minimum Gasteiger partial charge on any atom is -0.365 e. The summed E-state index contributed by atoms with van der Waals surface area (Å²) in [5.74, 6) is 2.05. The molecule has 2 aliphatic heterocycles. The van der Waals surface area contributed by atoms with E-state index in [9.17, 15) is 4.79 Å². The van der Waals surface area contributed by atoms with Crippen molar-refractivity contribution in [3.63, 3.8) is 0 Å². The van der Waals surface area contributed by atoms with Crippen LogP contribution in [0.5, 0.6) is 0 Å². The maximum atomic E-state index is 11.0. The van der Waals surface area contributed by atoms with E-state index in [2.05, 4.69) is 36.0 Å². The first-order valence-corrected chi connectivity index (χ1v) is 8.62. The van der Waals surface area contributed by atoms with Crippen LogP contribution in [0.4, 0.5) is 11.6 Å². The summed E-state index contributed by atoms with van der Waals surface area (Å²) in [5.41, 5.74) is 2.22. The Morgan fingerprint density at radius 3 is 2.57 bits per heavy atom. The van der Waals surface area contributed by atoms with Crippen molar-refractivity contribution < 1.29 is 4.79 Å². The first kappa shape index (κ1) is 16.2. The van der Waals surface area contributed by atoms with Gasteiger partial charge in [-0.15, -0.1) is 0 Å². The summed E-state index contributed by atoms with van der Waals surface area (Å²) in [5, 5.41) is 3.46. The van der Waals surface area contributed by atoms with Crippen LogP contribution in [0.3, 0.4) is 0 Å². The smallest absolute Gasteiger partial charge is 0.172 e. The normalized spacial score (nSPS) is 19.7. The Morgan fingerprint density at radius 2 is 1.91 bits per heavy atom. The second-order valence-corrected chi connectivity index (χ2v) is 7.04. The second kappa shape index (κ2) is 6.83. The van der Waals surface area contributed by atoms with Crippen molar-refractivity contribution in [3.8, 4) is 0 Å². The van der Waals surface area contributed by atoms with Gasteiger partial charge in [0.25, 0.3) is 0 Å². The Kier molecular flexibility index (Phi) is 4.80. The Labute approximate surface area is 138 Å². The number of aldehydes is 1. The van der Waals surface area contributed by atoms with Gasteiger partial charge in [0.15, 0.2) is 11.6 Å².